The van der Waals surface area contributed by atoms with Gasteiger partial charge in [-0.15, -0.1) is 54.1 Å². The number of benzene rings is 6. The van der Waals surface area contributed by atoms with Crippen LogP contribution in [0, 0.1) is 12.1 Å². The van der Waals surface area contributed by atoms with Crippen molar-refractivity contribution in [2.75, 3.05) is 0 Å². The Balaban J connectivity index is 0.000000217. The summed E-state index contributed by atoms with van der Waals surface area (Å²) < 4.78 is 8.77. The van der Waals surface area contributed by atoms with Crippen LogP contribution >= 0.6 is 0 Å². The summed E-state index contributed by atoms with van der Waals surface area (Å²) in [5.41, 5.74) is 12.7. The van der Waals surface area contributed by atoms with E-state index in [-0.39, 0.29) is 25.5 Å². The van der Waals surface area contributed by atoms with Crippen LogP contribution in [0.15, 0.2) is 150 Å². The molecule has 6 aromatic carbocycles. The van der Waals surface area contributed by atoms with Crippen LogP contribution in [0.1, 0.15) is 51.7 Å². The summed E-state index contributed by atoms with van der Waals surface area (Å²) >= 11 is 0. The molecule has 293 valence electrons. The molecule has 0 spiro atoms. The smallest absolute Gasteiger partial charge is 0.120 e. The molecule has 3 aromatic heterocycles. The van der Waals surface area contributed by atoms with Gasteiger partial charge in [0.2, 0.25) is 0 Å². The SMILES string of the molecule is CC(C)(C)c1cccc(-c2ccccc2)c1-n1c(-c2[c-]ccc3c2oc2ccccc23)nc2ccccc21.CC(C)c1cc(-c2[c-]cccc2)ncc1[Si](C)(C)C.[Ir]. The van der Waals surface area contributed by atoms with E-state index in [9.17, 15) is 0 Å². The topological polar surface area (TPSA) is 43.9 Å². The van der Waals surface area contributed by atoms with Gasteiger partial charge in [0.25, 0.3) is 0 Å². The average Bonchev–Trinajstić information content (AvgIpc) is 3.79. The number of para-hydroxylation sites is 4. The van der Waals surface area contributed by atoms with E-state index in [4.69, 9.17) is 9.40 Å². The molecule has 0 saturated carbocycles. The summed E-state index contributed by atoms with van der Waals surface area (Å²) in [5, 5.41) is 3.64. The molecule has 0 aliphatic carbocycles. The third-order valence-electron chi connectivity index (χ3n) is 10.6. The molecular formula is C52H49IrN3OSi-2. The van der Waals surface area contributed by atoms with Gasteiger partial charge in [0.1, 0.15) is 5.58 Å². The van der Waals surface area contributed by atoms with Crippen molar-refractivity contribution in [3.8, 4) is 39.5 Å². The number of rotatable bonds is 6. The zero-order valence-corrected chi connectivity index (χ0v) is 37.9. The predicted octanol–water partition coefficient (Wildman–Crippen LogP) is 13.6. The van der Waals surface area contributed by atoms with Gasteiger partial charge in [0, 0.05) is 37.3 Å². The maximum atomic E-state index is 6.45. The molecule has 9 rings (SSSR count). The molecule has 0 atom stereocenters. The second-order valence-corrected chi connectivity index (χ2v) is 22.1. The van der Waals surface area contributed by atoms with Gasteiger partial charge in [-0.1, -0.05) is 156 Å². The van der Waals surface area contributed by atoms with Gasteiger partial charge >= 0.3 is 0 Å². The van der Waals surface area contributed by atoms with Crippen LogP contribution in [0.3, 0.4) is 0 Å². The zero-order valence-electron chi connectivity index (χ0n) is 34.5. The molecule has 0 aliphatic heterocycles. The van der Waals surface area contributed by atoms with E-state index in [0.717, 1.165) is 61.3 Å². The molecule has 0 aliphatic rings. The average molecular weight is 952 g/mol. The van der Waals surface area contributed by atoms with Gasteiger partial charge in [0.15, 0.2) is 0 Å². The molecule has 1 radical (unpaired) electrons. The summed E-state index contributed by atoms with van der Waals surface area (Å²) in [6.45, 7) is 18.5. The molecule has 0 fully saturated rings. The van der Waals surface area contributed by atoms with Crippen molar-refractivity contribution < 1.29 is 24.5 Å². The Hall–Kier alpha value is -5.39. The summed E-state index contributed by atoms with van der Waals surface area (Å²) in [6, 6.07) is 54.9. The van der Waals surface area contributed by atoms with Crippen LogP contribution in [-0.4, -0.2) is 22.6 Å². The molecule has 9 aromatic rings. The van der Waals surface area contributed by atoms with Crippen LogP contribution in [0.4, 0.5) is 0 Å². The van der Waals surface area contributed by atoms with Crippen molar-refractivity contribution in [1.82, 2.24) is 14.5 Å². The van der Waals surface area contributed by atoms with Gasteiger partial charge in [-0.25, -0.2) is 0 Å². The summed E-state index contributed by atoms with van der Waals surface area (Å²) in [6.07, 6.45) is 2.09. The monoisotopic (exact) mass is 952 g/mol. The second-order valence-electron chi connectivity index (χ2n) is 17.1. The summed E-state index contributed by atoms with van der Waals surface area (Å²) in [4.78, 5) is 9.87. The number of fused-ring (bicyclic) bond motifs is 4. The first-order valence-corrected chi connectivity index (χ1v) is 23.4. The largest absolute Gasteiger partial charge is 0.501 e. The van der Waals surface area contributed by atoms with E-state index in [0.29, 0.717) is 5.92 Å². The minimum atomic E-state index is -1.34. The Morgan fingerprint density at radius 2 is 1.45 bits per heavy atom. The minimum absolute atomic E-state index is 0. The van der Waals surface area contributed by atoms with Crippen LogP contribution < -0.4 is 5.19 Å². The minimum Gasteiger partial charge on any atom is -0.501 e. The van der Waals surface area contributed by atoms with Gasteiger partial charge in [-0.05, 0) is 51.5 Å². The summed E-state index contributed by atoms with van der Waals surface area (Å²) in [7, 11) is -1.34. The molecule has 3 heterocycles. The molecule has 0 saturated heterocycles. The number of pyridine rings is 1. The number of aromatic nitrogens is 3. The van der Waals surface area contributed by atoms with Gasteiger partial charge < -0.3 is 14.0 Å². The first-order valence-electron chi connectivity index (χ1n) is 19.9. The fraction of sp³-hybridized carbons (Fsp3) is 0.192. The Morgan fingerprint density at radius 1 is 0.724 bits per heavy atom. The Bertz CT molecular complexity index is 2840. The molecule has 0 amide bonds. The third kappa shape index (κ3) is 7.89. The fourth-order valence-corrected chi connectivity index (χ4v) is 9.47. The van der Waals surface area contributed by atoms with Gasteiger partial charge in [-0.2, -0.15) is 0 Å². The molecule has 0 bridgehead atoms. The van der Waals surface area contributed by atoms with Crippen molar-refractivity contribution in [3.63, 3.8) is 0 Å². The van der Waals surface area contributed by atoms with E-state index in [1.54, 1.807) is 0 Å². The quantitative estimate of drug-likeness (QED) is 0.123. The van der Waals surface area contributed by atoms with E-state index in [1.807, 2.05) is 42.5 Å². The standard InChI is InChI=1S/C35H27N2O.C17H22NSi.Ir/c1-35(2,3)28-19-12-16-24(23-13-5-4-6-14-23)32(28)37-30-21-9-8-20-29(30)36-34(37)27-18-11-17-26-25-15-7-10-22-31(25)38-33(26)27;1-13(2)15-11-16(14-9-7-6-8-10-14)18-12-17(15)19(3,4)5;/h4-17,19-22H,1-3H3;6-9,11-13H,1-5H3;/q2*-1;. The van der Waals surface area contributed by atoms with Crippen molar-refractivity contribution in [2.45, 2.75) is 65.6 Å². The number of hydrogen-bond donors (Lipinski definition) is 0. The molecule has 6 heteroatoms. The molecule has 58 heavy (non-hydrogen) atoms. The predicted molar refractivity (Wildman–Crippen MR) is 242 cm³/mol. The van der Waals surface area contributed by atoms with Crippen molar-refractivity contribution in [2.24, 2.45) is 0 Å². The van der Waals surface area contributed by atoms with Crippen molar-refractivity contribution in [3.05, 3.63) is 169 Å². The molecule has 4 nitrogen and oxygen atoms in total. The van der Waals surface area contributed by atoms with Gasteiger partial charge in [0.05, 0.1) is 36.2 Å². The number of hydrogen-bond acceptors (Lipinski definition) is 3. The van der Waals surface area contributed by atoms with Gasteiger partial charge in [-0.3, -0.25) is 4.98 Å². The fourth-order valence-electron chi connectivity index (χ4n) is 7.79. The number of imidazole rings is 1. The maximum absolute atomic E-state index is 6.45. The van der Waals surface area contributed by atoms with Crippen molar-refractivity contribution >= 4 is 46.2 Å². The van der Waals surface area contributed by atoms with Crippen LogP contribution in [0.2, 0.25) is 19.6 Å². The molecule has 0 N–H and O–H groups in total. The number of nitrogens with zero attached hydrogens (tertiary/aromatic N) is 3. The molecular weight excluding hydrogens is 903 g/mol. The second kappa shape index (κ2) is 16.5. The Kier molecular flexibility index (Phi) is 11.6. The van der Waals surface area contributed by atoms with E-state index in [1.165, 1.54) is 27.4 Å². The van der Waals surface area contributed by atoms with Crippen molar-refractivity contribution in [1.29, 1.82) is 0 Å². The van der Waals surface area contributed by atoms with Crippen LogP contribution in [0.25, 0.3) is 72.4 Å². The normalized spacial score (nSPS) is 11.8. The van der Waals surface area contributed by atoms with Crippen LogP contribution in [0.5, 0.6) is 0 Å². The van der Waals surface area contributed by atoms with E-state index < -0.39 is 8.07 Å². The zero-order chi connectivity index (χ0) is 39.9. The molecule has 0 unspecified atom stereocenters. The summed E-state index contributed by atoms with van der Waals surface area (Å²) in [5.74, 6) is 1.36. The maximum Gasteiger partial charge on any atom is 0.120 e. The van der Waals surface area contributed by atoms with E-state index in [2.05, 4.69) is 179 Å². The first-order chi connectivity index (χ1) is 27.4. The third-order valence-corrected chi connectivity index (χ3v) is 12.7. The van der Waals surface area contributed by atoms with E-state index >= 15 is 0 Å². The Morgan fingerprint density at radius 3 is 2.17 bits per heavy atom. The first kappa shape index (κ1) is 40.8. The van der Waals surface area contributed by atoms with Crippen LogP contribution in [-0.2, 0) is 25.5 Å². The number of furan rings is 1. The Labute approximate surface area is 357 Å².